The highest BCUT2D eigenvalue weighted by Crippen LogP contribution is 2.25. The molecule has 6 nitrogen and oxygen atoms in total. The molecular weight excluding hydrogens is 346 g/mol. The third-order valence-electron chi connectivity index (χ3n) is 4.52. The number of guanidine groups is 1. The fraction of sp³-hybridized carbons (Fsp3) is 0.526. The van der Waals surface area contributed by atoms with Crippen LogP contribution in [-0.2, 0) is 13.1 Å². The van der Waals surface area contributed by atoms with Crippen molar-refractivity contribution in [3.8, 4) is 5.88 Å². The first-order chi connectivity index (χ1) is 12.7. The standard InChI is InChI=1S/C19H27N5OS/c1-13-17(26-14(2)24-13)12-23-19(20-3)22-11-15-7-6-10-21-18(15)25-16-8-4-5-9-16/h6-7,10,16H,4-5,8-9,11-12H2,1-3H3,(H2,20,22,23). The fourth-order valence-electron chi connectivity index (χ4n) is 3.13. The predicted octanol–water partition coefficient (Wildman–Crippen LogP) is 3.34. The van der Waals surface area contributed by atoms with E-state index in [1.807, 2.05) is 26.0 Å². The average Bonchev–Trinajstić information content (AvgIpc) is 3.25. The largest absolute Gasteiger partial charge is 0.474 e. The zero-order valence-electron chi connectivity index (χ0n) is 15.7. The highest BCUT2D eigenvalue weighted by Gasteiger charge is 2.18. The molecule has 0 aliphatic heterocycles. The summed E-state index contributed by atoms with van der Waals surface area (Å²) in [6.45, 7) is 5.41. The van der Waals surface area contributed by atoms with Crippen LogP contribution in [-0.4, -0.2) is 29.1 Å². The van der Waals surface area contributed by atoms with E-state index < -0.39 is 0 Å². The van der Waals surface area contributed by atoms with Crippen LogP contribution in [0.4, 0.5) is 0 Å². The van der Waals surface area contributed by atoms with Gasteiger partial charge in [-0.15, -0.1) is 11.3 Å². The second-order valence-corrected chi connectivity index (χ2v) is 7.80. The maximum atomic E-state index is 6.10. The Labute approximate surface area is 159 Å². The number of nitrogens with zero attached hydrogens (tertiary/aromatic N) is 3. The maximum Gasteiger partial charge on any atom is 0.218 e. The summed E-state index contributed by atoms with van der Waals surface area (Å²) in [5.41, 5.74) is 2.13. The van der Waals surface area contributed by atoms with Crippen LogP contribution in [0.15, 0.2) is 23.3 Å². The number of rotatable bonds is 6. The van der Waals surface area contributed by atoms with Gasteiger partial charge in [-0.3, -0.25) is 4.99 Å². The molecule has 0 unspecified atom stereocenters. The molecule has 0 saturated heterocycles. The number of pyridine rings is 1. The molecule has 1 saturated carbocycles. The van der Waals surface area contributed by atoms with Gasteiger partial charge >= 0.3 is 0 Å². The molecule has 0 aromatic carbocycles. The first kappa shape index (κ1) is 18.6. The van der Waals surface area contributed by atoms with E-state index in [-0.39, 0.29) is 0 Å². The summed E-state index contributed by atoms with van der Waals surface area (Å²) >= 11 is 1.72. The summed E-state index contributed by atoms with van der Waals surface area (Å²) in [5, 5.41) is 7.79. The second-order valence-electron chi connectivity index (χ2n) is 6.51. The van der Waals surface area contributed by atoms with E-state index in [2.05, 4.69) is 25.6 Å². The molecule has 0 radical (unpaired) electrons. The predicted molar refractivity (Wildman–Crippen MR) is 106 cm³/mol. The van der Waals surface area contributed by atoms with Crippen LogP contribution in [0.25, 0.3) is 0 Å². The Balaban J connectivity index is 1.55. The average molecular weight is 374 g/mol. The molecule has 3 rings (SSSR count). The van der Waals surface area contributed by atoms with Gasteiger partial charge in [0, 0.05) is 30.2 Å². The van der Waals surface area contributed by atoms with Crippen molar-refractivity contribution < 1.29 is 4.74 Å². The molecule has 0 atom stereocenters. The molecule has 1 aliphatic rings. The van der Waals surface area contributed by atoms with Gasteiger partial charge < -0.3 is 15.4 Å². The monoisotopic (exact) mass is 373 g/mol. The summed E-state index contributed by atoms with van der Waals surface area (Å²) < 4.78 is 6.10. The van der Waals surface area contributed by atoms with E-state index in [1.54, 1.807) is 24.6 Å². The van der Waals surface area contributed by atoms with Gasteiger partial charge in [-0.25, -0.2) is 9.97 Å². The second kappa shape index (κ2) is 8.98. The van der Waals surface area contributed by atoms with Gasteiger partial charge in [-0.1, -0.05) is 6.07 Å². The van der Waals surface area contributed by atoms with Gasteiger partial charge in [0.05, 0.1) is 17.2 Å². The number of hydrogen-bond acceptors (Lipinski definition) is 5. The van der Waals surface area contributed by atoms with Gasteiger partial charge in [0.15, 0.2) is 5.96 Å². The van der Waals surface area contributed by atoms with E-state index in [0.717, 1.165) is 47.5 Å². The van der Waals surface area contributed by atoms with E-state index in [0.29, 0.717) is 12.6 Å². The lowest BCUT2D eigenvalue weighted by Gasteiger charge is -2.16. The molecule has 2 aromatic heterocycles. The lowest BCUT2D eigenvalue weighted by Crippen LogP contribution is -2.36. The van der Waals surface area contributed by atoms with Crippen LogP contribution >= 0.6 is 11.3 Å². The first-order valence-corrected chi connectivity index (χ1v) is 9.95. The number of aryl methyl sites for hydroxylation is 2. The Morgan fingerprint density at radius 1 is 1.27 bits per heavy atom. The number of nitrogens with one attached hydrogen (secondary N) is 2. The Morgan fingerprint density at radius 3 is 2.73 bits per heavy atom. The lowest BCUT2D eigenvalue weighted by atomic mass is 10.2. The molecule has 1 aliphatic carbocycles. The van der Waals surface area contributed by atoms with Crippen molar-refractivity contribution in [2.24, 2.45) is 4.99 Å². The highest BCUT2D eigenvalue weighted by atomic mass is 32.1. The summed E-state index contributed by atoms with van der Waals surface area (Å²) in [5.74, 6) is 1.49. The molecule has 0 amide bonds. The molecule has 2 heterocycles. The molecule has 26 heavy (non-hydrogen) atoms. The molecule has 2 N–H and O–H groups in total. The van der Waals surface area contributed by atoms with Crippen LogP contribution in [0, 0.1) is 13.8 Å². The third-order valence-corrected chi connectivity index (χ3v) is 5.59. The number of aliphatic imine (C=N–C) groups is 1. The van der Waals surface area contributed by atoms with E-state index in [9.17, 15) is 0 Å². The van der Waals surface area contributed by atoms with Gasteiger partial charge in [-0.05, 0) is 45.6 Å². The quantitative estimate of drug-likeness (QED) is 0.600. The van der Waals surface area contributed by atoms with Crippen LogP contribution in [0.5, 0.6) is 5.88 Å². The van der Waals surface area contributed by atoms with Crippen molar-refractivity contribution in [3.05, 3.63) is 39.5 Å². The van der Waals surface area contributed by atoms with Crippen LogP contribution < -0.4 is 15.4 Å². The van der Waals surface area contributed by atoms with Crippen molar-refractivity contribution in [2.45, 2.75) is 58.7 Å². The first-order valence-electron chi connectivity index (χ1n) is 9.13. The summed E-state index contributed by atoms with van der Waals surface area (Å²) in [4.78, 5) is 14.4. The Bertz CT molecular complexity index is 752. The Morgan fingerprint density at radius 2 is 2.04 bits per heavy atom. The van der Waals surface area contributed by atoms with E-state index in [1.165, 1.54) is 17.7 Å². The number of ether oxygens (including phenoxy) is 1. The summed E-state index contributed by atoms with van der Waals surface area (Å²) in [7, 11) is 1.78. The minimum atomic E-state index is 0.304. The van der Waals surface area contributed by atoms with Crippen molar-refractivity contribution >= 4 is 17.3 Å². The Kier molecular flexibility index (Phi) is 6.44. The molecular formula is C19H27N5OS. The Hall–Kier alpha value is -2.15. The molecule has 1 fully saturated rings. The van der Waals surface area contributed by atoms with Crippen molar-refractivity contribution in [2.75, 3.05) is 7.05 Å². The number of hydrogen-bond donors (Lipinski definition) is 2. The van der Waals surface area contributed by atoms with Gasteiger partial charge in [0.25, 0.3) is 0 Å². The van der Waals surface area contributed by atoms with E-state index in [4.69, 9.17) is 4.74 Å². The van der Waals surface area contributed by atoms with Crippen molar-refractivity contribution in [1.82, 2.24) is 20.6 Å². The normalized spacial score (nSPS) is 15.3. The maximum absolute atomic E-state index is 6.10. The fourth-order valence-corrected chi connectivity index (χ4v) is 4.01. The zero-order valence-corrected chi connectivity index (χ0v) is 16.5. The number of aromatic nitrogens is 2. The summed E-state index contributed by atoms with van der Waals surface area (Å²) in [6, 6.07) is 3.99. The van der Waals surface area contributed by atoms with Gasteiger partial charge in [0.1, 0.15) is 6.10 Å². The molecule has 7 heteroatoms. The molecule has 2 aromatic rings. The lowest BCUT2D eigenvalue weighted by molar-refractivity contribution is 0.199. The molecule has 0 bridgehead atoms. The minimum Gasteiger partial charge on any atom is -0.474 e. The van der Waals surface area contributed by atoms with Gasteiger partial charge in [0.2, 0.25) is 5.88 Å². The van der Waals surface area contributed by atoms with Crippen LogP contribution in [0.3, 0.4) is 0 Å². The zero-order chi connectivity index (χ0) is 18.4. The van der Waals surface area contributed by atoms with Crippen molar-refractivity contribution in [1.29, 1.82) is 0 Å². The number of thiazole rings is 1. The van der Waals surface area contributed by atoms with Crippen LogP contribution in [0.2, 0.25) is 0 Å². The summed E-state index contributed by atoms with van der Waals surface area (Å²) in [6.07, 6.45) is 6.84. The SMILES string of the molecule is CN=C(NCc1cccnc1OC1CCCC1)NCc1sc(C)nc1C. The van der Waals surface area contributed by atoms with E-state index >= 15 is 0 Å². The van der Waals surface area contributed by atoms with Crippen molar-refractivity contribution in [3.63, 3.8) is 0 Å². The topological polar surface area (TPSA) is 71.4 Å². The minimum absolute atomic E-state index is 0.304. The molecule has 0 spiro atoms. The van der Waals surface area contributed by atoms with Gasteiger partial charge in [-0.2, -0.15) is 0 Å². The van der Waals surface area contributed by atoms with Crippen LogP contribution in [0.1, 0.15) is 46.8 Å². The molecule has 140 valence electrons. The third kappa shape index (κ3) is 4.94. The highest BCUT2D eigenvalue weighted by molar-refractivity contribution is 7.11. The smallest absolute Gasteiger partial charge is 0.218 e.